The van der Waals surface area contributed by atoms with E-state index in [0.29, 0.717) is 10.2 Å². The molecule has 0 saturated carbocycles. The van der Waals surface area contributed by atoms with Crippen LogP contribution in [0.5, 0.6) is 0 Å². The summed E-state index contributed by atoms with van der Waals surface area (Å²) in [6, 6.07) is 6.76. The van der Waals surface area contributed by atoms with Crippen LogP contribution in [0, 0.1) is 6.92 Å². The van der Waals surface area contributed by atoms with Crippen LogP contribution < -0.4 is 10.7 Å². The lowest BCUT2D eigenvalue weighted by molar-refractivity contribution is -0.309. The Hall–Kier alpha value is -2.47. The number of nitrogens with zero attached hydrogens (tertiary/aromatic N) is 2. The van der Waals surface area contributed by atoms with Crippen molar-refractivity contribution in [2.45, 2.75) is 19.9 Å². The monoisotopic (exact) mass is 313 g/mol. The molecule has 2 heterocycles. The van der Waals surface area contributed by atoms with Crippen molar-refractivity contribution in [3.05, 3.63) is 51.9 Å². The van der Waals surface area contributed by atoms with Crippen molar-refractivity contribution in [2.24, 2.45) is 0 Å². The van der Waals surface area contributed by atoms with E-state index < -0.39 is 12.0 Å². The molecule has 0 aliphatic carbocycles. The van der Waals surface area contributed by atoms with Gasteiger partial charge in [0, 0.05) is 10.9 Å². The minimum absolute atomic E-state index is 0.362. The first kappa shape index (κ1) is 14.5. The fourth-order valence-corrected chi connectivity index (χ4v) is 3.19. The number of carbonyl (C=O) groups is 1. The SMILES string of the molecule is Cc1ccc(-c2csc3ncn(C(C)C(=O)[O-])c(=O)c23)cc1. The molecule has 2 aromatic heterocycles. The molecule has 0 amide bonds. The largest absolute Gasteiger partial charge is 0.548 e. The van der Waals surface area contributed by atoms with Gasteiger partial charge in [0.25, 0.3) is 5.56 Å². The van der Waals surface area contributed by atoms with Gasteiger partial charge in [0.15, 0.2) is 0 Å². The fourth-order valence-electron chi connectivity index (χ4n) is 2.28. The van der Waals surface area contributed by atoms with E-state index in [1.54, 1.807) is 0 Å². The van der Waals surface area contributed by atoms with Gasteiger partial charge in [0.1, 0.15) is 4.83 Å². The summed E-state index contributed by atoms with van der Waals surface area (Å²) in [5, 5.41) is 13.3. The first-order valence-electron chi connectivity index (χ1n) is 6.75. The Morgan fingerprint density at radius 2 is 2.00 bits per heavy atom. The lowest BCUT2D eigenvalue weighted by Gasteiger charge is -2.15. The maximum absolute atomic E-state index is 12.6. The normalized spacial score (nSPS) is 12.5. The van der Waals surface area contributed by atoms with Gasteiger partial charge in [0.2, 0.25) is 0 Å². The maximum Gasteiger partial charge on any atom is 0.263 e. The van der Waals surface area contributed by atoms with Crippen LogP contribution in [0.2, 0.25) is 0 Å². The van der Waals surface area contributed by atoms with Crippen LogP contribution in [0.3, 0.4) is 0 Å². The predicted molar refractivity (Wildman–Crippen MR) is 83.8 cm³/mol. The Balaban J connectivity index is 2.25. The highest BCUT2D eigenvalue weighted by Crippen LogP contribution is 2.30. The van der Waals surface area contributed by atoms with E-state index in [0.717, 1.165) is 21.3 Å². The van der Waals surface area contributed by atoms with Crippen molar-refractivity contribution in [1.29, 1.82) is 0 Å². The van der Waals surface area contributed by atoms with Gasteiger partial charge in [-0.3, -0.25) is 9.36 Å². The second kappa shape index (κ2) is 5.38. The van der Waals surface area contributed by atoms with E-state index in [2.05, 4.69) is 4.98 Å². The maximum atomic E-state index is 12.6. The van der Waals surface area contributed by atoms with Gasteiger partial charge in [-0.2, -0.15) is 0 Å². The molecule has 0 bridgehead atoms. The Kier molecular flexibility index (Phi) is 3.54. The number of aryl methyl sites for hydroxylation is 1. The number of thiophene rings is 1. The fraction of sp³-hybridized carbons (Fsp3) is 0.188. The predicted octanol–water partition coefficient (Wildman–Crippen LogP) is 1.74. The van der Waals surface area contributed by atoms with Crippen LogP contribution >= 0.6 is 11.3 Å². The minimum Gasteiger partial charge on any atom is -0.548 e. The molecule has 0 aliphatic rings. The highest BCUT2D eigenvalue weighted by molar-refractivity contribution is 7.17. The van der Waals surface area contributed by atoms with Gasteiger partial charge in [-0.1, -0.05) is 29.8 Å². The smallest absolute Gasteiger partial charge is 0.263 e. The molecule has 0 spiro atoms. The molecule has 0 aliphatic heterocycles. The molecule has 0 radical (unpaired) electrons. The Morgan fingerprint density at radius 3 is 2.64 bits per heavy atom. The number of carboxylic acids is 1. The zero-order chi connectivity index (χ0) is 15.9. The quantitative estimate of drug-likeness (QED) is 0.738. The summed E-state index contributed by atoms with van der Waals surface area (Å²) in [5.41, 5.74) is 2.45. The average molecular weight is 313 g/mol. The molecule has 1 unspecified atom stereocenters. The van der Waals surface area contributed by atoms with Gasteiger partial charge in [-0.15, -0.1) is 11.3 Å². The van der Waals surface area contributed by atoms with Gasteiger partial charge < -0.3 is 9.90 Å². The van der Waals surface area contributed by atoms with E-state index in [1.807, 2.05) is 36.6 Å². The first-order chi connectivity index (χ1) is 10.5. The summed E-state index contributed by atoms with van der Waals surface area (Å²) in [7, 11) is 0. The molecule has 112 valence electrons. The van der Waals surface area contributed by atoms with Crippen LogP contribution in [0.25, 0.3) is 21.3 Å². The van der Waals surface area contributed by atoms with Gasteiger partial charge in [0.05, 0.1) is 23.7 Å². The lowest BCUT2D eigenvalue weighted by atomic mass is 10.1. The number of benzene rings is 1. The Bertz CT molecular complexity index is 909. The molecule has 5 nitrogen and oxygen atoms in total. The summed E-state index contributed by atoms with van der Waals surface area (Å²) in [5.74, 6) is -1.31. The van der Waals surface area contributed by atoms with Crippen molar-refractivity contribution in [3.8, 4) is 11.1 Å². The molecular formula is C16H13N2O3S-. The van der Waals surface area contributed by atoms with Crippen molar-refractivity contribution in [1.82, 2.24) is 9.55 Å². The average Bonchev–Trinajstić information content (AvgIpc) is 2.92. The topological polar surface area (TPSA) is 75.0 Å². The molecule has 22 heavy (non-hydrogen) atoms. The molecule has 6 heteroatoms. The number of carbonyl (C=O) groups excluding carboxylic acids is 1. The van der Waals surface area contributed by atoms with Crippen molar-refractivity contribution >= 4 is 27.5 Å². The van der Waals surface area contributed by atoms with Crippen LogP contribution in [0.4, 0.5) is 0 Å². The van der Waals surface area contributed by atoms with Gasteiger partial charge >= 0.3 is 0 Å². The molecule has 1 aromatic carbocycles. The van der Waals surface area contributed by atoms with Crippen molar-refractivity contribution in [2.75, 3.05) is 0 Å². The molecule has 3 rings (SSSR count). The van der Waals surface area contributed by atoms with E-state index in [1.165, 1.54) is 24.6 Å². The number of hydrogen-bond donors (Lipinski definition) is 0. The first-order valence-corrected chi connectivity index (χ1v) is 7.63. The lowest BCUT2D eigenvalue weighted by Crippen LogP contribution is -2.36. The summed E-state index contributed by atoms with van der Waals surface area (Å²) >= 11 is 1.37. The second-order valence-corrected chi connectivity index (χ2v) is 6.01. The summed E-state index contributed by atoms with van der Waals surface area (Å²) in [4.78, 5) is 28.5. The second-order valence-electron chi connectivity index (χ2n) is 5.15. The molecule has 0 saturated heterocycles. The number of fused-ring (bicyclic) bond motifs is 1. The minimum atomic E-state index is -1.31. The van der Waals surface area contributed by atoms with E-state index in [-0.39, 0.29) is 5.56 Å². The molecule has 1 atom stereocenters. The van der Waals surface area contributed by atoms with Crippen molar-refractivity contribution in [3.63, 3.8) is 0 Å². The molecule has 3 aromatic rings. The third-order valence-corrected chi connectivity index (χ3v) is 4.53. The van der Waals surface area contributed by atoms with Gasteiger partial charge in [-0.25, -0.2) is 4.98 Å². The zero-order valence-corrected chi connectivity index (χ0v) is 12.9. The third-order valence-electron chi connectivity index (χ3n) is 3.64. The highest BCUT2D eigenvalue weighted by atomic mass is 32.1. The summed E-state index contributed by atoms with van der Waals surface area (Å²) in [6.45, 7) is 3.40. The van der Waals surface area contributed by atoms with Crippen molar-refractivity contribution < 1.29 is 9.90 Å². The van der Waals surface area contributed by atoms with E-state index >= 15 is 0 Å². The third kappa shape index (κ3) is 2.31. The summed E-state index contributed by atoms with van der Waals surface area (Å²) in [6.07, 6.45) is 1.26. The van der Waals surface area contributed by atoms with E-state index in [9.17, 15) is 14.7 Å². The number of aliphatic carboxylic acids is 1. The standard InChI is InChI=1S/C16H14N2O3S/c1-9-3-5-11(6-4-9)12-7-22-14-13(12)15(19)18(8-17-14)10(2)16(20)21/h3-8,10H,1-2H3,(H,20,21)/p-1. The van der Waals surface area contributed by atoms with Crippen LogP contribution in [-0.4, -0.2) is 15.5 Å². The van der Waals surface area contributed by atoms with Crippen LogP contribution in [0.1, 0.15) is 18.5 Å². The zero-order valence-electron chi connectivity index (χ0n) is 12.1. The Labute approximate surface area is 130 Å². The highest BCUT2D eigenvalue weighted by Gasteiger charge is 2.16. The Morgan fingerprint density at radius 1 is 1.32 bits per heavy atom. The molecule has 0 fully saturated rings. The van der Waals surface area contributed by atoms with Gasteiger partial charge in [-0.05, 0) is 19.4 Å². The van der Waals surface area contributed by atoms with Crippen LogP contribution in [0.15, 0.2) is 40.8 Å². The number of hydrogen-bond acceptors (Lipinski definition) is 5. The summed E-state index contributed by atoms with van der Waals surface area (Å²) < 4.78 is 1.10. The number of aromatic nitrogens is 2. The molecular weight excluding hydrogens is 300 g/mol. The molecule has 0 N–H and O–H groups in total. The van der Waals surface area contributed by atoms with Crippen LogP contribution in [-0.2, 0) is 4.79 Å². The number of carboxylic acid groups (broad SMARTS) is 1. The van der Waals surface area contributed by atoms with E-state index in [4.69, 9.17) is 0 Å². The number of rotatable bonds is 3.